The van der Waals surface area contributed by atoms with E-state index in [1.54, 1.807) is 17.0 Å². The van der Waals surface area contributed by atoms with Gasteiger partial charge in [0.25, 0.3) is 5.91 Å². The van der Waals surface area contributed by atoms with Gasteiger partial charge in [0.1, 0.15) is 5.82 Å². The lowest BCUT2D eigenvalue weighted by Gasteiger charge is -2.32. The summed E-state index contributed by atoms with van der Waals surface area (Å²) in [6.45, 7) is 5.66. The van der Waals surface area contributed by atoms with Crippen molar-refractivity contribution in [3.05, 3.63) is 58.9 Å². The molecule has 1 unspecified atom stereocenters. The number of nitrogens with zero attached hydrogens (tertiary/aromatic N) is 1. The molecular formula is C23H28FN3O2. The molecule has 2 aromatic rings. The number of likely N-dealkylation sites (tertiary alicyclic amines) is 1. The second-order valence-electron chi connectivity index (χ2n) is 7.66. The van der Waals surface area contributed by atoms with Crippen molar-refractivity contribution in [1.82, 2.24) is 10.2 Å². The number of amides is 2. The standard InChI is InChI=1S/C23H28FN3O2/c1-15-5-6-17(12-16(15)2)18-7-8-20(21(24)13-18)23(29)27-11-3-4-19(14-27)22(28)26-10-9-25/h5-8,12-13,19H,3-4,9-11,14,25H2,1-2H3,(H,26,28). The first-order valence-electron chi connectivity index (χ1n) is 10.0. The third-order valence-electron chi connectivity index (χ3n) is 5.56. The summed E-state index contributed by atoms with van der Waals surface area (Å²) in [5.41, 5.74) is 9.43. The van der Waals surface area contributed by atoms with Crippen molar-refractivity contribution < 1.29 is 14.0 Å². The smallest absolute Gasteiger partial charge is 0.256 e. The number of halogens is 1. The SMILES string of the molecule is Cc1ccc(-c2ccc(C(=O)N3CCCC(C(=O)NCCN)C3)c(F)c2)cc1C. The van der Waals surface area contributed by atoms with Crippen LogP contribution in [0.1, 0.15) is 34.3 Å². The van der Waals surface area contributed by atoms with E-state index in [1.165, 1.54) is 11.6 Å². The molecular weight excluding hydrogens is 369 g/mol. The molecule has 0 spiro atoms. The summed E-state index contributed by atoms with van der Waals surface area (Å²) in [6, 6.07) is 10.7. The number of nitrogens with two attached hydrogens (primary N) is 1. The fourth-order valence-corrected chi connectivity index (χ4v) is 3.67. The average molecular weight is 397 g/mol. The number of carbonyl (C=O) groups is 2. The van der Waals surface area contributed by atoms with Crippen LogP contribution in [0.4, 0.5) is 4.39 Å². The van der Waals surface area contributed by atoms with Crippen LogP contribution in [0.25, 0.3) is 11.1 Å². The minimum atomic E-state index is -0.541. The first-order chi connectivity index (χ1) is 13.9. The van der Waals surface area contributed by atoms with Gasteiger partial charge in [-0.1, -0.05) is 24.3 Å². The molecule has 2 aromatic carbocycles. The predicted octanol–water partition coefficient (Wildman–Crippen LogP) is 3.04. The molecule has 154 valence electrons. The first kappa shape index (κ1) is 21.0. The molecule has 0 bridgehead atoms. The topological polar surface area (TPSA) is 75.4 Å². The van der Waals surface area contributed by atoms with Gasteiger partial charge in [-0.25, -0.2) is 4.39 Å². The Morgan fingerprint density at radius 3 is 2.55 bits per heavy atom. The van der Waals surface area contributed by atoms with E-state index < -0.39 is 5.82 Å². The normalized spacial score (nSPS) is 16.6. The summed E-state index contributed by atoms with van der Waals surface area (Å²) in [7, 11) is 0. The number of benzene rings is 2. The lowest BCUT2D eigenvalue weighted by molar-refractivity contribution is -0.126. The highest BCUT2D eigenvalue weighted by molar-refractivity contribution is 5.95. The summed E-state index contributed by atoms with van der Waals surface area (Å²) >= 11 is 0. The lowest BCUT2D eigenvalue weighted by Crippen LogP contribution is -2.46. The molecule has 0 aliphatic carbocycles. The highest BCUT2D eigenvalue weighted by Gasteiger charge is 2.29. The highest BCUT2D eigenvalue weighted by Crippen LogP contribution is 2.26. The molecule has 0 aromatic heterocycles. The fourth-order valence-electron chi connectivity index (χ4n) is 3.67. The monoisotopic (exact) mass is 397 g/mol. The number of rotatable bonds is 5. The number of piperidine rings is 1. The van der Waals surface area contributed by atoms with Gasteiger partial charge in [-0.15, -0.1) is 0 Å². The van der Waals surface area contributed by atoms with Crippen LogP contribution in [-0.4, -0.2) is 42.9 Å². The van der Waals surface area contributed by atoms with Gasteiger partial charge >= 0.3 is 0 Å². The van der Waals surface area contributed by atoms with Crippen molar-refractivity contribution >= 4 is 11.8 Å². The maximum Gasteiger partial charge on any atom is 0.256 e. The molecule has 0 radical (unpaired) electrons. The largest absolute Gasteiger partial charge is 0.355 e. The number of nitrogens with one attached hydrogen (secondary N) is 1. The predicted molar refractivity (Wildman–Crippen MR) is 112 cm³/mol. The molecule has 1 atom stereocenters. The van der Waals surface area contributed by atoms with Crippen LogP contribution in [-0.2, 0) is 4.79 Å². The van der Waals surface area contributed by atoms with Gasteiger partial charge in [-0.3, -0.25) is 9.59 Å². The summed E-state index contributed by atoms with van der Waals surface area (Å²) in [5.74, 6) is -1.29. The minimum Gasteiger partial charge on any atom is -0.355 e. The summed E-state index contributed by atoms with van der Waals surface area (Å²) < 4.78 is 14.8. The van der Waals surface area contributed by atoms with Crippen LogP contribution in [0.15, 0.2) is 36.4 Å². The average Bonchev–Trinajstić information content (AvgIpc) is 2.73. The van der Waals surface area contributed by atoms with Crippen LogP contribution in [0, 0.1) is 25.6 Å². The van der Waals surface area contributed by atoms with Crippen molar-refractivity contribution in [1.29, 1.82) is 0 Å². The highest BCUT2D eigenvalue weighted by atomic mass is 19.1. The maximum atomic E-state index is 14.8. The molecule has 1 fully saturated rings. The van der Waals surface area contributed by atoms with E-state index in [0.717, 1.165) is 23.1 Å². The number of carbonyl (C=O) groups excluding carboxylic acids is 2. The Morgan fingerprint density at radius 2 is 1.86 bits per heavy atom. The van der Waals surface area contributed by atoms with E-state index in [0.29, 0.717) is 32.6 Å². The van der Waals surface area contributed by atoms with Crippen LogP contribution in [0.3, 0.4) is 0 Å². The molecule has 3 rings (SSSR count). The Hall–Kier alpha value is -2.73. The number of hydrogen-bond acceptors (Lipinski definition) is 3. The Bertz CT molecular complexity index is 913. The molecule has 29 heavy (non-hydrogen) atoms. The number of hydrogen-bond donors (Lipinski definition) is 2. The van der Waals surface area contributed by atoms with Crippen molar-refractivity contribution in [3.63, 3.8) is 0 Å². The van der Waals surface area contributed by atoms with Crippen LogP contribution in [0.5, 0.6) is 0 Å². The van der Waals surface area contributed by atoms with Gasteiger partial charge < -0.3 is 16.0 Å². The van der Waals surface area contributed by atoms with Gasteiger partial charge in [0.2, 0.25) is 5.91 Å². The van der Waals surface area contributed by atoms with Crippen molar-refractivity contribution in [2.24, 2.45) is 11.7 Å². The summed E-state index contributed by atoms with van der Waals surface area (Å²) in [5, 5.41) is 2.77. The molecule has 1 aliphatic rings. The Kier molecular flexibility index (Phi) is 6.64. The van der Waals surface area contributed by atoms with E-state index in [9.17, 15) is 14.0 Å². The van der Waals surface area contributed by atoms with Gasteiger partial charge in [-0.2, -0.15) is 0 Å². The maximum absolute atomic E-state index is 14.8. The Morgan fingerprint density at radius 1 is 1.14 bits per heavy atom. The molecule has 6 heteroatoms. The lowest BCUT2D eigenvalue weighted by atomic mass is 9.95. The Balaban J connectivity index is 1.75. The minimum absolute atomic E-state index is 0.0422. The van der Waals surface area contributed by atoms with E-state index in [1.807, 2.05) is 32.0 Å². The zero-order chi connectivity index (χ0) is 21.0. The van der Waals surface area contributed by atoms with Crippen molar-refractivity contribution in [2.45, 2.75) is 26.7 Å². The summed E-state index contributed by atoms with van der Waals surface area (Å²) in [6.07, 6.45) is 1.43. The van der Waals surface area contributed by atoms with E-state index in [-0.39, 0.29) is 23.3 Å². The van der Waals surface area contributed by atoms with Gasteiger partial charge in [-0.05, 0) is 61.1 Å². The van der Waals surface area contributed by atoms with Crippen LogP contribution >= 0.6 is 0 Å². The van der Waals surface area contributed by atoms with E-state index >= 15 is 0 Å². The van der Waals surface area contributed by atoms with E-state index in [2.05, 4.69) is 5.32 Å². The molecule has 0 saturated carbocycles. The van der Waals surface area contributed by atoms with Crippen molar-refractivity contribution in [2.75, 3.05) is 26.2 Å². The third kappa shape index (κ3) is 4.82. The van der Waals surface area contributed by atoms with Crippen molar-refractivity contribution in [3.8, 4) is 11.1 Å². The summed E-state index contributed by atoms with van der Waals surface area (Å²) in [4.78, 5) is 26.7. The first-order valence-corrected chi connectivity index (χ1v) is 10.0. The zero-order valence-electron chi connectivity index (χ0n) is 17.0. The number of aryl methyl sites for hydroxylation is 2. The van der Waals surface area contributed by atoms with Gasteiger partial charge in [0.05, 0.1) is 11.5 Å². The van der Waals surface area contributed by atoms with Gasteiger partial charge in [0.15, 0.2) is 0 Å². The van der Waals surface area contributed by atoms with Gasteiger partial charge in [0, 0.05) is 26.2 Å². The molecule has 1 saturated heterocycles. The van der Waals surface area contributed by atoms with E-state index in [4.69, 9.17) is 5.73 Å². The molecule has 5 nitrogen and oxygen atoms in total. The van der Waals surface area contributed by atoms with Crippen LogP contribution in [0.2, 0.25) is 0 Å². The molecule has 2 amide bonds. The quantitative estimate of drug-likeness (QED) is 0.814. The third-order valence-corrected chi connectivity index (χ3v) is 5.56. The second kappa shape index (κ2) is 9.18. The Labute approximate surface area is 171 Å². The molecule has 3 N–H and O–H groups in total. The molecule has 1 aliphatic heterocycles. The van der Waals surface area contributed by atoms with Crippen LogP contribution < -0.4 is 11.1 Å². The second-order valence-corrected chi connectivity index (χ2v) is 7.66. The molecule has 1 heterocycles. The fraction of sp³-hybridized carbons (Fsp3) is 0.391. The zero-order valence-corrected chi connectivity index (χ0v) is 17.0.